The van der Waals surface area contributed by atoms with E-state index in [0.717, 1.165) is 22.3 Å². The van der Waals surface area contributed by atoms with Crippen molar-refractivity contribution >= 4 is 11.6 Å². The molecular weight excluding hydrogens is 334 g/mol. The summed E-state index contributed by atoms with van der Waals surface area (Å²) in [6, 6.07) is 27.0. The van der Waals surface area contributed by atoms with Crippen LogP contribution < -0.4 is 0 Å². The lowest BCUT2D eigenvalue weighted by Gasteiger charge is -2.09. The summed E-state index contributed by atoms with van der Waals surface area (Å²) in [6.45, 7) is 0. The summed E-state index contributed by atoms with van der Waals surface area (Å²) < 4.78 is 0. The lowest BCUT2D eigenvalue weighted by molar-refractivity contribution is 0.475. The van der Waals surface area contributed by atoms with Crippen LogP contribution in [0.5, 0.6) is 5.75 Å². The summed E-state index contributed by atoms with van der Waals surface area (Å²) in [7, 11) is 0. The van der Waals surface area contributed by atoms with Crippen molar-refractivity contribution in [2.24, 2.45) is 0 Å². The van der Waals surface area contributed by atoms with Gasteiger partial charge in [-0.05, 0) is 41.5 Å². The molecule has 1 aromatic heterocycles. The second-order valence-corrected chi connectivity index (χ2v) is 6.01. The molecule has 0 amide bonds. The van der Waals surface area contributed by atoms with Crippen LogP contribution in [0.2, 0.25) is 0 Å². The molecule has 0 fully saturated rings. The van der Waals surface area contributed by atoms with Gasteiger partial charge in [-0.3, -0.25) is 0 Å². The number of aromatic hydroxyl groups is 1. The summed E-state index contributed by atoms with van der Waals surface area (Å²) >= 11 is 0. The fourth-order valence-electron chi connectivity index (χ4n) is 2.79. The highest BCUT2D eigenvalue weighted by atomic mass is 16.3. The second kappa shape index (κ2) is 7.62. The van der Waals surface area contributed by atoms with E-state index in [-0.39, 0.29) is 5.75 Å². The Morgan fingerprint density at radius 3 is 2.11 bits per heavy atom. The van der Waals surface area contributed by atoms with Gasteiger partial charge in [0.05, 0.1) is 0 Å². The number of phenols is 1. The fourth-order valence-corrected chi connectivity index (χ4v) is 2.79. The standard InChI is InChI=1S/C23H17N3O/c27-20-13-11-19(12-14-20)22-24-16-25-23(26-22)21(18-9-5-2-6-10-18)15-17-7-3-1-4-8-17/h1-16,27H/b21-15-. The van der Waals surface area contributed by atoms with Crippen molar-refractivity contribution < 1.29 is 5.11 Å². The van der Waals surface area contributed by atoms with Gasteiger partial charge in [-0.15, -0.1) is 0 Å². The smallest absolute Gasteiger partial charge is 0.163 e. The highest BCUT2D eigenvalue weighted by Gasteiger charge is 2.11. The van der Waals surface area contributed by atoms with Crippen LogP contribution in [0.1, 0.15) is 17.0 Å². The summed E-state index contributed by atoms with van der Waals surface area (Å²) in [5.74, 6) is 1.37. The maximum absolute atomic E-state index is 9.50. The molecule has 0 saturated heterocycles. The van der Waals surface area contributed by atoms with Crippen LogP contribution in [-0.2, 0) is 0 Å². The molecule has 0 atom stereocenters. The van der Waals surface area contributed by atoms with Gasteiger partial charge in [-0.25, -0.2) is 15.0 Å². The molecule has 4 rings (SSSR count). The first-order valence-electron chi connectivity index (χ1n) is 8.60. The highest BCUT2D eigenvalue weighted by Crippen LogP contribution is 2.25. The van der Waals surface area contributed by atoms with Gasteiger partial charge >= 0.3 is 0 Å². The Kier molecular flexibility index (Phi) is 4.70. The third-order valence-electron chi connectivity index (χ3n) is 4.13. The van der Waals surface area contributed by atoms with Gasteiger partial charge in [0, 0.05) is 11.1 Å². The topological polar surface area (TPSA) is 58.9 Å². The largest absolute Gasteiger partial charge is 0.508 e. The van der Waals surface area contributed by atoms with Crippen molar-refractivity contribution in [2.45, 2.75) is 0 Å². The van der Waals surface area contributed by atoms with E-state index < -0.39 is 0 Å². The van der Waals surface area contributed by atoms with Gasteiger partial charge < -0.3 is 5.11 Å². The van der Waals surface area contributed by atoms with Crippen LogP contribution in [0, 0.1) is 0 Å². The molecule has 0 bridgehead atoms. The van der Waals surface area contributed by atoms with Crippen LogP contribution in [0.3, 0.4) is 0 Å². The minimum absolute atomic E-state index is 0.210. The fraction of sp³-hybridized carbons (Fsp3) is 0. The predicted octanol–water partition coefficient (Wildman–Crippen LogP) is 4.83. The zero-order valence-corrected chi connectivity index (χ0v) is 14.5. The normalized spacial score (nSPS) is 11.3. The average Bonchev–Trinajstić information content (AvgIpc) is 2.74. The van der Waals surface area contributed by atoms with Crippen molar-refractivity contribution in [1.29, 1.82) is 0 Å². The number of nitrogens with zero attached hydrogens (tertiary/aromatic N) is 3. The molecular formula is C23H17N3O. The van der Waals surface area contributed by atoms with Crippen molar-refractivity contribution in [3.63, 3.8) is 0 Å². The molecule has 4 aromatic rings. The molecule has 3 aromatic carbocycles. The zero-order chi connectivity index (χ0) is 18.5. The van der Waals surface area contributed by atoms with Crippen LogP contribution in [0.4, 0.5) is 0 Å². The van der Waals surface area contributed by atoms with E-state index in [2.05, 4.69) is 21.0 Å². The van der Waals surface area contributed by atoms with E-state index in [4.69, 9.17) is 0 Å². The lowest BCUT2D eigenvalue weighted by atomic mass is 10.0. The van der Waals surface area contributed by atoms with E-state index in [1.165, 1.54) is 6.33 Å². The first kappa shape index (κ1) is 16.7. The zero-order valence-electron chi connectivity index (χ0n) is 14.5. The van der Waals surface area contributed by atoms with Crippen molar-refractivity contribution in [3.05, 3.63) is 108 Å². The highest BCUT2D eigenvalue weighted by molar-refractivity contribution is 5.89. The van der Waals surface area contributed by atoms with Gasteiger partial charge in [-0.1, -0.05) is 60.7 Å². The van der Waals surface area contributed by atoms with Crippen molar-refractivity contribution in [1.82, 2.24) is 15.0 Å². The van der Waals surface area contributed by atoms with E-state index >= 15 is 0 Å². The maximum atomic E-state index is 9.50. The van der Waals surface area contributed by atoms with E-state index in [0.29, 0.717) is 11.6 Å². The quantitative estimate of drug-likeness (QED) is 0.535. The SMILES string of the molecule is Oc1ccc(-c2ncnc(/C(=C\c3ccccc3)c3ccccc3)n2)cc1. The second-order valence-electron chi connectivity index (χ2n) is 6.01. The molecule has 130 valence electrons. The van der Waals surface area contributed by atoms with E-state index in [9.17, 15) is 5.11 Å². The summed E-state index contributed by atoms with van der Waals surface area (Å²) in [5.41, 5.74) is 3.85. The Hall–Kier alpha value is -3.79. The van der Waals surface area contributed by atoms with Crippen LogP contribution in [0.15, 0.2) is 91.3 Å². The molecule has 1 N–H and O–H groups in total. The Morgan fingerprint density at radius 1 is 0.741 bits per heavy atom. The first-order valence-corrected chi connectivity index (χ1v) is 8.60. The maximum Gasteiger partial charge on any atom is 0.163 e. The number of benzene rings is 3. The average molecular weight is 351 g/mol. The minimum atomic E-state index is 0.210. The third kappa shape index (κ3) is 3.90. The molecule has 4 heteroatoms. The summed E-state index contributed by atoms with van der Waals surface area (Å²) in [6.07, 6.45) is 3.59. The van der Waals surface area contributed by atoms with Gasteiger partial charge in [0.1, 0.15) is 12.1 Å². The van der Waals surface area contributed by atoms with Crippen molar-refractivity contribution in [3.8, 4) is 17.1 Å². The summed E-state index contributed by atoms with van der Waals surface area (Å²) in [5, 5.41) is 9.50. The van der Waals surface area contributed by atoms with Gasteiger partial charge in [0.15, 0.2) is 11.6 Å². The Morgan fingerprint density at radius 2 is 1.41 bits per heavy atom. The van der Waals surface area contributed by atoms with Crippen LogP contribution >= 0.6 is 0 Å². The molecule has 0 aliphatic heterocycles. The molecule has 1 heterocycles. The lowest BCUT2D eigenvalue weighted by Crippen LogP contribution is -2.00. The molecule has 0 unspecified atom stereocenters. The monoisotopic (exact) mass is 351 g/mol. The molecule has 0 radical (unpaired) electrons. The Balaban J connectivity index is 1.82. The molecule has 0 spiro atoms. The van der Waals surface area contributed by atoms with Gasteiger partial charge in [-0.2, -0.15) is 0 Å². The first-order chi connectivity index (χ1) is 13.3. The summed E-state index contributed by atoms with van der Waals surface area (Å²) in [4.78, 5) is 13.4. The van der Waals surface area contributed by atoms with E-state index in [1.807, 2.05) is 60.7 Å². The van der Waals surface area contributed by atoms with Crippen molar-refractivity contribution in [2.75, 3.05) is 0 Å². The van der Waals surface area contributed by atoms with E-state index in [1.54, 1.807) is 24.3 Å². The molecule has 0 aliphatic rings. The molecule has 0 saturated carbocycles. The Labute approximate surface area is 157 Å². The number of aromatic nitrogens is 3. The molecule has 4 nitrogen and oxygen atoms in total. The van der Waals surface area contributed by atoms with Crippen LogP contribution in [-0.4, -0.2) is 20.1 Å². The van der Waals surface area contributed by atoms with Crippen LogP contribution in [0.25, 0.3) is 23.0 Å². The Bertz CT molecular complexity index is 1060. The van der Waals surface area contributed by atoms with Gasteiger partial charge in [0.25, 0.3) is 0 Å². The molecule has 27 heavy (non-hydrogen) atoms. The van der Waals surface area contributed by atoms with Gasteiger partial charge in [0.2, 0.25) is 0 Å². The third-order valence-corrected chi connectivity index (χ3v) is 4.13. The number of phenolic OH excluding ortho intramolecular Hbond substituents is 1. The minimum Gasteiger partial charge on any atom is -0.508 e. The number of hydrogen-bond acceptors (Lipinski definition) is 4. The number of rotatable bonds is 4. The number of hydrogen-bond donors (Lipinski definition) is 1. The molecule has 0 aliphatic carbocycles. The predicted molar refractivity (Wildman–Crippen MR) is 107 cm³/mol.